The molecule has 0 unspecified atom stereocenters. The van der Waals surface area contributed by atoms with Crippen LogP contribution in [0.2, 0.25) is 0 Å². The first-order chi connectivity index (χ1) is 12.4. The summed E-state index contributed by atoms with van der Waals surface area (Å²) in [6.07, 6.45) is 5.41. The van der Waals surface area contributed by atoms with E-state index in [1.165, 1.54) is 25.4 Å². The number of amides is 1. The first-order valence-corrected chi connectivity index (χ1v) is 10.4. The summed E-state index contributed by atoms with van der Waals surface area (Å²) in [5, 5.41) is 12.4. The van der Waals surface area contributed by atoms with E-state index in [0.29, 0.717) is 25.3 Å². The fraction of sp³-hybridized carbons (Fsp3) is 0.750. The molecule has 2 fully saturated rings. The zero-order valence-corrected chi connectivity index (χ0v) is 15.6. The molecule has 1 saturated carbocycles. The molecule has 2 heterocycles. The number of aliphatic hydroxyl groups is 1. The van der Waals surface area contributed by atoms with Crippen molar-refractivity contribution >= 4 is 15.9 Å². The molecule has 1 saturated heterocycles. The number of hydrogen-bond donors (Lipinski definition) is 3. The molecule has 0 aromatic carbocycles. The van der Waals surface area contributed by atoms with Crippen molar-refractivity contribution in [3.8, 4) is 0 Å². The van der Waals surface area contributed by atoms with Gasteiger partial charge in [-0.15, -0.1) is 0 Å². The Hall–Kier alpha value is -1.49. The Morgan fingerprint density at radius 3 is 2.77 bits per heavy atom. The topological polar surface area (TPSA) is 123 Å². The number of imidazole rings is 1. The number of aromatic nitrogens is 2. The summed E-state index contributed by atoms with van der Waals surface area (Å²) < 4.78 is 34.7. The van der Waals surface area contributed by atoms with Gasteiger partial charge in [-0.05, 0) is 31.6 Å². The molecule has 9 nitrogen and oxygen atoms in total. The van der Waals surface area contributed by atoms with Gasteiger partial charge >= 0.3 is 0 Å². The van der Waals surface area contributed by atoms with Gasteiger partial charge in [0.2, 0.25) is 5.91 Å². The van der Waals surface area contributed by atoms with Crippen molar-refractivity contribution in [1.29, 1.82) is 0 Å². The molecular formula is C16H26N4O5S. The van der Waals surface area contributed by atoms with Crippen LogP contribution in [0.1, 0.15) is 32.1 Å². The lowest BCUT2D eigenvalue weighted by atomic mass is 9.98. The molecule has 26 heavy (non-hydrogen) atoms. The van der Waals surface area contributed by atoms with E-state index in [-0.39, 0.29) is 30.1 Å². The van der Waals surface area contributed by atoms with Gasteiger partial charge in [-0.1, -0.05) is 0 Å². The van der Waals surface area contributed by atoms with Crippen molar-refractivity contribution in [3.63, 3.8) is 0 Å². The second-order valence-corrected chi connectivity index (χ2v) is 8.77. The number of hydrogen-bond acceptors (Lipinski definition) is 6. The number of aliphatic hydroxyl groups excluding tert-OH is 1. The SMILES string of the molecule is Cn1cnc(S(=O)(=O)N[C@@H]2CC[C@H](CC(=O)NCC3CC3)O[C@H]2CO)c1. The minimum atomic E-state index is -3.79. The van der Waals surface area contributed by atoms with Gasteiger partial charge in [-0.2, -0.15) is 0 Å². The van der Waals surface area contributed by atoms with E-state index in [1.807, 2.05) is 0 Å². The van der Waals surface area contributed by atoms with Gasteiger partial charge in [0.15, 0.2) is 5.03 Å². The highest BCUT2D eigenvalue weighted by Crippen LogP contribution is 2.28. The van der Waals surface area contributed by atoms with E-state index in [4.69, 9.17) is 4.74 Å². The van der Waals surface area contributed by atoms with E-state index < -0.39 is 22.2 Å². The van der Waals surface area contributed by atoms with Gasteiger partial charge in [0.25, 0.3) is 10.0 Å². The quantitative estimate of drug-likeness (QED) is 0.555. The molecule has 0 spiro atoms. The fourth-order valence-electron chi connectivity index (χ4n) is 3.06. The molecule has 1 aromatic heterocycles. The molecule has 3 N–H and O–H groups in total. The first kappa shape index (κ1) is 19.3. The summed E-state index contributed by atoms with van der Waals surface area (Å²) in [4.78, 5) is 15.8. The smallest absolute Gasteiger partial charge is 0.259 e. The van der Waals surface area contributed by atoms with Crippen LogP contribution in [0, 0.1) is 5.92 Å². The largest absolute Gasteiger partial charge is 0.394 e. The highest BCUT2D eigenvalue weighted by atomic mass is 32.2. The predicted molar refractivity (Wildman–Crippen MR) is 92.6 cm³/mol. The molecule has 0 bridgehead atoms. The number of carbonyl (C=O) groups is 1. The van der Waals surface area contributed by atoms with E-state index >= 15 is 0 Å². The molecule has 3 rings (SSSR count). The third-order valence-electron chi connectivity index (χ3n) is 4.76. The van der Waals surface area contributed by atoms with Crippen LogP contribution in [0.3, 0.4) is 0 Å². The third kappa shape index (κ3) is 5.03. The molecule has 3 atom stereocenters. The number of nitrogens with one attached hydrogen (secondary N) is 2. The van der Waals surface area contributed by atoms with E-state index in [2.05, 4.69) is 15.0 Å². The summed E-state index contributed by atoms with van der Waals surface area (Å²) in [6, 6.07) is -0.558. The van der Waals surface area contributed by atoms with Crippen molar-refractivity contribution in [1.82, 2.24) is 19.6 Å². The lowest BCUT2D eigenvalue weighted by Gasteiger charge is -2.35. The van der Waals surface area contributed by atoms with Crippen molar-refractivity contribution in [2.75, 3.05) is 13.2 Å². The van der Waals surface area contributed by atoms with Crippen molar-refractivity contribution in [3.05, 3.63) is 12.5 Å². The van der Waals surface area contributed by atoms with Gasteiger partial charge < -0.3 is 19.7 Å². The highest BCUT2D eigenvalue weighted by Gasteiger charge is 2.35. The maximum atomic E-state index is 12.4. The highest BCUT2D eigenvalue weighted by molar-refractivity contribution is 7.89. The van der Waals surface area contributed by atoms with Crippen molar-refractivity contribution in [2.45, 2.75) is 55.4 Å². The molecule has 1 aliphatic heterocycles. The summed E-state index contributed by atoms with van der Waals surface area (Å²) in [6.45, 7) is 0.386. The van der Waals surface area contributed by atoms with Gasteiger partial charge in [0.1, 0.15) is 0 Å². The van der Waals surface area contributed by atoms with Crippen LogP contribution < -0.4 is 10.0 Å². The molecule has 2 aliphatic rings. The van der Waals surface area contributed by atoms with Crippen LogP contribution in [0.15, 0.2) is 17.6 Å². The molecule has 146 valence electrons. The van der Waals surface area contributed by atoms with Crippen LogP contribution >= 0.6 is 0 Å². The molecule has 0 radical (unpaired) electrons. The average molecular weight is 386 g/mol. The monoisotopic (exact) mass is 386 g/mol. The van der Waals surface area contributed by atoms with Crippen LogP contribution in [0.5, 0.6) is 0 Å². The second-order valence-electron chi connectivity index (χ2n) is 7.11. The first-order valence-electron chi connectivity index (χ1n) is 8.90. The van der Waals surface area contributed by atoms with Crippen LogP contribution in [0.4, 0.5) is 0 Å². The van der Waals surface area contributed by atoms with Crippen molar-refractivity contribution < 1.29 is 23.1 Å². The Bertz CT molecular complexity index is 731. The van der Waals surface area contributed by atoms with Crippen LogP contribution in [-0.2, 0) is 26.6 Å². The number of carbonyl (C=O) groups excluding carboxylic acids is 1. The number of ether oxygens (including phenoxy) is 1. The number of aryl methyl sites for hydroxylation is 1. The molecule has 1 aromatic rings. The van der Waals surface area contributed by atoms with Crippen molar-refractivity contribution in [2.24, 2.45) is 13.0 Å². The molecule has 10 heteroatoms. The summed E-state index contributed by atoms with van der Waals surface area (Å²) in [5.74, 6) is 0.549. The van der Waals surface area contributed by atoms with Crippen LogP contribution in [0.25, 0.3) is 0 Å². The lowest BCUT2D eigenvalue weighted by molar-refractivity contribution is -0.130. The Morgan fingerprint density at radius 2 is 2.15 bits per heavy atom. The zero-order valence-electron chi connectivity index (χ0n) is 14.8. The Balaban J connectivity index is 1.53. The number of nitrogens with zero attached hydrogens (tertiary/aromatic N) is 2. The van der Waals surface area contributed by atoms with Gasteiger partial charge in [-0.25, -0.2) is 18.1 Å². The predicted octanol–water partition coefficient (Wildman–Crippen LogP) is -0.477. The Kier molecular flexibility index (Phi) is 5.96. The Morgan fingerprint density at radius 1 is 1.38 bits per heavy atom. The summed E-state index contributed by atoms with van der Waals surface area (Å²) >= 11 is 0. The minimum absolute atomic E-state index is 0.0638. The fourth-order valence-corrected chi connectivity index (χ4v) is 4.34. The second kappa shape index (κ2) is 8.03. The zero-order chi connectivity index (χ0) is 18.7. The summed E-state index contributed by atoms with van der Waals surface area (Å²) in [5.41, 5.74) is 0. The summed E-state index contributed by atoms with van der Waals surface area (Å²) in [7, 11) is -2.10. The average Bonchev–Trinajstić information content (AvgIpc) is 3.32. The van der Waals surface area contributed by atoms with Gasteiger partial charge in [-0.3, -0.25) is 4.79 Å². The van der Waals surface area contributed by atoms with Gasteiger partial charge in [0, 0.05) is 19.8 Å². The molecular weight excluding hydrogens is 360 g/mol. The van der Waals surface area contributed by atoms with Crippen LogP contribution in [-0.4, -0.2) is 60.4 Å². The lowest BCUT2D eigenvalue weighted by Crippen LogP contribution is -2.51. The normalized spacial score (nSPS) is 26.6. The molecule has 1 amide bonds. The maximum absolute atomic E-state index is 12.4. The number of rotatable bonds is 8. The third-order valence-corrected chi connectivity index (χ3v) is 6.13. The Labute approximate surface area is 153 Å². The van der Waals surface area contributed by atoms with E-state index in [9.17, 15) is 18.3 Å². The van der Waals surface area contributed by atoms with E-state index in [1.54, 1.807) is 11.6 Å². The minimum Gasteiger partial charge on any atom is -0.394 e. The number of sulfonamides is 1. The molecule has 1 aliphatic carbocycles. The standard InChI is InChI=1S/C16H26N4O5S/c1-20-8-16(18-10-20)26(23,24)19-13-5-4-12(25-14(13)9-21)6-15(22)17-7-11-2-3-11/h8,10-14,19,21H,2-7,9H2,1H3,(H,17,22)/t12-,13-,14+/m1/s1. The maximum Gasteiger partial charge on any atom is 0.259 e. The van der Waals surface area contributed by atoms with E-state index in [0.717, 1.165) is 0 Å². The van der Waals surface area contributed by atoms with Gasteiger partial charge in [0.05, 0.1) is 37.6 Å².